The number of carboxylic acids is 2. The third kappa shape index (κ3) is 2.23. The molecule has 1 atom stereocenters. The number of carbonyl (C=O) groups is 2. The molecule has 14 heavy (non-hydrogen) atoms. The van der Waals surface area contributed by atoms with E-state index in [-0.39, 0.29) is 6.42 Å². The van der Waals surface area contributed by atoms with E-state index in [1.165, 1.54) is 0 Å². The van der Waals surface area contributed by atoms with Crippen LogP contribution in [0.25, 0.3) is 0 Å². The summed E-state index contributed by atoms with van der Waals surface area (Å²) in [4.78, 5) is 21.4. The lowest BCUT2D eigenvalue weighted by molar-refractivity contribution is -0.172. The third-order valence-corrected chi connectivity index (χ3v) is 2.56. The molecule has 0 fully saturated rings. The quantitative estimate of drug-likeness (QED) is 0.569. The highest BCUT2D eigenvalue weighted by atomic mass is 16.4. The van der Waals surface area contributed by atoms with Gasteiger partial charge in [-0.15, -0.1) is 0 Å². The Labute approximate surface area is 82.4 Å². The Balaban J connectivity index is 5.14. The molecule has 0 spiro atoms. The normalized spacial score (nSPS) is 15.6. The highest BCUT2D eigenvalue weighted by Crippen LogP contribution is 2.30. The SMILES string of the molecule is CCC(O)(C(C)C)C(C(=O)O)C(=O)O. The lowest BCUT2D eigenvalue weighted by Crippen LogP contribution is -2.50. The zero-order valence-corrected chi connectivity index (χ0v) is 8.52. The van der Waals surface area contributed by atoms with Crippen LogP contribution in [-0.2, 0) is 9.59 Å². The maximum atomic E-state index is 10.7. The minimum Gasteiger partial charge on any atom is -0.481 e. The summed E-state index contributed by atoms with van der Waals surface area (Å²) in [6.45, 7) is 4.77. The van der Waals surface area contributed by atoms with Gasteiger partial charge < -0.3 is 15.3 Å². The van der Waals surface area contributed by atoms with Crippen molar-refractivity contribution in [2.24, 2.45) is 11.8 Å². The number of hydrogen-bond donors (Lipinski definition) is 3. The molecule has 0 aliphatic carbocycles. The van der Waals surface area contributed by atoms with Crippen LogP contribution >= 0.6 is 0 Å². The van der Waals surface area contributed by atoms with Gasteiger partial charge in [0.25, 0.3) is 0 Å². The monoisotopic (exact) mass is 204 g/mol. The fourth-order valence-corrected chi connectivity index (χ4v) is 1.48. The van der Waals surface area contributed by atoms with Crippen molar-refractivity contribution < 1.29 is 24.9 Å². The smallest absolute Gasteiger partial charge is 0.320 e. The summed E-state index contributed by atoms with van der Waals surface area (Å²) >= 11 is 0. The molecular formula is C9H16O5. The first kappa shape index (κ1) is 12.9. The van der Waals surface area contributed by atoms with Gasteiger partial charge in [-0.25, -0.2) is 0 Å². The largest absolute Gasteiger partial charge is 0.481 e. The van der Waals surface area contributed by atoms with E-state index < -0.39 is 29.4 Å². The topological polar surface area (TPSA) is 94.8 Å². The molecule has 0 rings (SSSR count). The maximum absolute atomic E-state index is 10.7. The highest BCUT2D eigenvalue weighted by Gasteiger charge is 2.47. The summed E-state index contributed by atoms with van der Waals surface area (Å²) in [7, 11) is 0. The minimum absolute atomic E-state index is 0.0912. The second-order valence-corrected chi connectivity index (χ2v) is 3.61. The van der Waals surface area contributed by atoms with Gasteiger partial charge in [-0.1, -0.05) is 20.8 Å². The van der Waals surface area contributed by atoms with E-state index in [0.717, 1.165) is 0 Å². The highest BCUT2D eigenvalue weighted by molar-refractivity contribution is 5.94. The summed E-state index contributed by atoms with van der Waals surface area (Å²) in [5.41, 5.74) is -1.70. The molecule has 0 aromatic carbocycles. The van der Waals surface area contributed by atoms with Crippen LogP contribution < -0.4 is 0 Å². The van der Waals surface area contributed by atoms with E-state index in [1.807, 2.05) is 0 Å². The van der Waals surface area contributed by atoms with E-state index in [4.69, 9.17) is 10.2 Å². The number of aliphatic carboxylic acids is 2. The van der Waals surface area contributed by atoms with Crippen LogP contribution in [0, 0.1) is 11.8 Å². The summed E-state index contributed by atoms with van der Waals surface area (Å²) < 4.78 is 0. The molecule has 0 amide bonds. The van der Waals surface area contributed by atoms with Crippen molar-refractivity contribution in [1.29, 1.82) is 0 Å². The van der Waals surface area contributed by atoms with Crippen molar-refractivity contribution in [3.63, 3.8) is 0 Å². The average Bonchev–Trinajstić information content (AvgIpc) is 2.02. The van der Waals surface area contributed by atoms with Gasteiger partial charge in [0.2, 0.25) is 0 Å². The lowest BCUT2D eigenvalue weighted by atomic mass is 9.76. The Morgan fingerprint density at radius 1 is 1.21 bits per heavy atom. The number of hydrogen-bond acceptors (Lipinski definition) is 3. The molecule has 0 aromatic heterocycles. The van der Waals surface area contributed by atoms with Crippen molar-refractivity contribution in [1.82, 2.24) is 0 Å². The van der Waals surface area contributed by atoms with Crippen LogP contribution in [0.1, 0.15) is 27.2 Å². The van der Waals surface area contributed by atoms with Crippen LogP contribution in [0.4, 0.5) is 0 Å². The second-order valence-electron chi connectivity index (χ2n) is 3.61. The van der Waals surface area contributed by atoms with Gasteiger partial charge >= 0.3 is 11.9 Å². The Morgan fingerprint density at radius 2 is 1.57 bits per heavy atom. The van der Waals surface area contributed by atoms with Crippen LogP contribution in [0.5, 0.6) is 0 Å². The van der Waals surface area contributed by atoms with E-state index in [9.17, 15) is 14.7 Å². The summed E-state index contributed by atoms with van der Waals surface area (Å²) in [5, 5.41) is 27.4. The molecule has 5 nitrogen and oxygen atoms in total. The summed E-state index contributed by atoms with van der Waals surface area (Å²) in [6.07, 6.45) is 0.0912. The third-order valence-electron chi connectivity index (χ3n) is 2.56. The molecule has 0 saturated carbocycles. The molecule has 3 N–H and O–H groups in total. The molecular weight excluding hydrogens is 188 g/mol. The van der Waals surface area contributed by atoms with E-state index in [0.29, 0.717) is 0 Å². The van der Waals surface area contributed by atoms with Crippen LogP contribution in [0.3, 0.4) is 0 Å². The van der Waals surface area contributed by atoms with Crippen LogP contribution in [-0.4, -0.2) is 32.9 Å². The maximum Gasteiger partial charge on any atom is 0.320 e. The molecule has 0 heterocycles. The first-order chi connectivity index (χ1) is 6.27. The molecule has 0 radical (unpaired) electrons. The summed E-state index contributed by atoms with van der Waals surface area (Å²) in [5.74, 6) is -5.21. The first-order valence-electron chi connectivity index (χ1n) is 4.45. The zero-order valence-electron chi connectivity index (χ0n) is 8.52. The molecule has 0 bridgehead atoms. The molecule has 0 aliphatic rings. The van der Waals surface area contributed by atoms with Crippen molar-refractivity contribution in [2.75, 3.05) is 0 Å². The van der Waals surface area contributed by atoms with E-state index in [2.05, 4.69) is 0 Å². The zero-order chi connectivity index (χ0) is 11.5. The van der Waals surface area contributed by atoms with E-state index >= 15 is 0 Å². The van der Waals surface area contributed by atoms with Gasteiger partial charge in [0, 0.05) is 0 Å². The number of carboxylic acid groups (broad SMARTS) is 2. The molecule has 1 unspecified atom stereocenters. The van der Waals surface area contributed by atoms with Crippen molar-refractivity contribution in [3.8, 4) is 0 Å². The molecule has 5 heteroatoms. The number of rotatable bonds is 5. The van der Waals surface area contributed by atoms with Gasteiger partial charge in [-0.3, -0.25) is 9.59 Å². The van der Waals surface area contributed by atoms with Crippen LogP contribution in [0.15, 0.2) is 0 Å². The van der Waals surface area contributed by atoms with Crippen molar-refractivity contribution >= 4 is 11.9 Å². The van der Waals surface area contributed by atoms with Crippen molar-refractivity contribution in [2.45, 2.75) is 32.8 Å². The minimum atomic E-state index is -1.77. The van der Waals surface area contributed by atoms with Crippen LogP contribution in [0.2, 0.25) is 0 Å². The Kier molecular flexibility index (Phi) is 4.07. The predicted octanol–water partition coefficient (Wildman–Crippen LogP) is 0.569. The number of aliphatic hydroxyl groups is 1. The Morgan fingerprint density at radius 3 is 1.64 bits per heavy atom. The lowest BCUT2D eigenvalue weighted by Gasteiger charge is -2.34. The van der Waals surface area contributed by atoms with Gasteiger partial charge in [0.15, 0.2) is 5.92 Å². The Hall–Kier alpha value is -1.10. The summed E-state index contributed by atoms with van der Waals surface area (Å²) in [6, 6.07) is 0. The van der Waals surface area contributed by atoms with Gasteiger partial charge in [0.1, 0.15) is 0 Å². The average molecular weight is 204 g/mol. The standard InChI is InChI=1S/C9H16O5/c1-4-9(14,5(2)3)6(7(10)11)8(12)13/h5-6,14H,4H2,1-3H3,(H,10,11)(H,12,13). The Bertz CT molecular complexity index is 221. The molecule has 0 aliphatic heterocycles. The molecule has 0 saturated heterocycles. The fraction of sp³-hybridized carbons (Fsp3) is 0.778. The first-order valence-corrected chi connectivity index (χ1v) is 4.45. The molecule has 0 aromatic rings. The van der Waals surface area contributed by atoms with Gasteiger partial charge in [-0.2, -0.15) is 0 Å². The van der Waals surface area contributed by atoms with Gasteiger partial charge in [0.05, 0.1) is 5.60 Å². The fourth-order valence-electron chi connectivity index (χ4n) is 1.48. The second kappa shape index (κ2) is 4.41. The predicted molar refractivity (Wildman–Crippen MR) is 48.8 cm³/mol. The molecule has 82 valence electrons. The van der Waals surface area contributed by atoms with E-state index in [1.54, 1.807) is 20.8 Å². The van der Waals surface area contributed by atoms with Crippen molar-refractivity contribution in [3.05, 3.63) is 0 Å². The van der Waals surface area contributed by atoms with Gasteiger partial charge in [-0.05, 0) is 12.3 Å².